The van der Waals surface area contributed by atoms with Gasteiger partial charge >= 0.3 is 0 Å². The van der Waals surface area contributed by atoms with Crippen LogP contribution >= 0.6 is 0 Å². The molecule has 6 heteroatoms. The van der Waals surface area contributed by atoms with Crippen LogP contribution < -0.4 is 9.62 Å². The lowest BCUT2D eigenvalue weighted by Crippen LogP contribution is -2.42. The van der Waals surface area contributed by atoms with Gasteiger partial charge in [0.1, 0.15) is 6.54 Å². The summed E-state index contributed by atoms with van der Waals surface area (Å²) in [5.74, 6) is -0.384. The van der Waals surface area contributed by atoms with Crippen molar-refractivity contribution in [1.82, 2.24) is 5.32 Å². The summed E-state index contributed by atoms with van der Waals surface area (Å²) in [4.78, 5) is 13.3. The summed E-state index contributed by atoms with van der Waals surface area (Å²) < 4.78 is 26.6. The zero-order valence-electron chi connectivity index (χ0n) is 18.6. The zero-order valence-corrected chi connectivity index (χ0v) is 19.4. The van der Waals surface area contributed by atoms with Crippen molar-refractivity contribution < 1.29 is 13.2 Å². The fourth-order valence-electron chi connectivity index (χ4n) is 4.04. The summed E-state index contributed by atoms with van der Waals surface area (Å²) in [5.41, 5.74) is 3.42. The quantitative estimate of drug-likeness (QED) is 0.432. The lowest BCUT2D eigenvalue weighted by molar-refractivity contribution is -0.120. The van der Waals surface area contributed by atoms with Gasteiger partial charge in [0.25, 0.3) is 0 Å². The Kier molecular flexibility index (Phi) is 6.47. The molecule has 0 radical (unpaired) electrons. The van der Waals surface area contributed by atoms with Gasteiger partial charge in [-0.05, 0) is 35.1 Å². The van der Waals surface area contributed by atoms with Crippen molar-refractivity contribution in [3.63, 3.8) is 0 Å². The van der Waals surface area contributed by atoms with Gasteiger partial charge in [-0.25, -0.2) is 8.42 Å². The predicted molar refractivity (Wildman–Crippen MR) is 134 cm³/mol. The fourth-order valence-corrected chi connectivity index (χ4v) is 4.91. The van der Waals surface area contributed by atoms with E-state index in [4.69, 9.17) is 0 Å². The van der Waals surface area contributed by atoms with Gasteiger partial charge in [0, 0.05) is 5.39 Å². The first-order chi connectivity index (χ1) is 15.8. The molecule has 0 spiro atoms. The molecule has 0 aromatic heterocycles. The van der Waals surface area contributed by atoms with Crippen LogP contribution in [-0.2, 0) is 14.8 Å². The third-order valence-electron chi connectivity index (χ3n) is 5.66. The van der Waals surface area contributed by atoms with Crippen LogP contribution in [0.15, 0.2) is 97.1 Å². The number of nitrogens with zero attached hydrogens (tertiary/aromatic N) is 1. The molecule has 0 aliphatic rings. The molecule has 4 rings (SSSR count). The van der Waals surface area contributed by atoms with Crippen molar-refractivity contribution >= 4 is 32.4 Å². The number of carbonyl (C=O) groups excluding carboxylic acids is 1. The number of hydrogen-bond donors (Lipinski definition) is 1. The van der Waals surface area contributed by atoms with Crippen molar-refractivity contribution in [3.8, 4) is 0 Å². The van der Waals surface area contributed by atoms with Gasteiger partial charge in [-0.15, -0.1) is 0 Å². The molecule has 0 bridgehead atoms. The van der Waals surface area contributed by atoms with E-state index >= 15 is 0 Å². The summed E-state index contributed by atoms with van der Waals surface area (Å²) >= 11 is 0. The van der Waals surface area contributed by atoms with Gasteiger partial charge in [0.2, 0.25) is 15.9 Å². The number of amides is 1. The summed E-state index contributed by atoms with van der Waals surface area (Å²) in [7, 11) is -3.71. The Hall–Kier alpha value is -3.64. The predicted octanol–water partition coefficient (Wildman–Crippen LogP) is 4.82. The minimum absolute atomic E-state index is 0.317. The molecule has 168 valence electrons. The standard InChI is InChI=1S/C27H26N2O3S/c1-20-11-6-8-16-23(20)27(22-13-4-3-5-14-22)28-26(30)19-29(33(2,31)32)25-18-10-15-21-12-7-9-17-24(21)25/h3-18,27H,19H2,1-2H3,(H,28,30)/t27-/m0/s1. The Morgan fingerprint density at radius 2 is 1.48 bits per heavy atom. The van der Waals surface area contributed by atoms with Crippen LogP contribution in [0, 0.1) is 6.92 Å². The van der Waals surface area contributed by atoms with E-state index in [0.29, 0.717) is 5.69 Å². The Labute approximate surface area is 194 Å². The molecule has 0 unspecified atom stereocenters. The first-order valence-electron chi connectivity index (χ1n) is 10.7. The summed E-state index contributed by atoms with van der Waals surface area (Å²) in [6.07, 6.45) is 1.12. The normalized spacial score (nSPS) is 12.3. The van der Waals surface area contributed by atoms with Gasteiger partial charge < -0.3 is 5.32 Å². The first kappa shape index (κ1) is 22.6. The smallest absolute Gasteiger partial charge is 0.241 e. The number of hydrogen-bond acceptors (Lipinski definition) is 3. The lowest BCUT2D eigenvalue weighted by atomic mass is 9.95. The molecule has 1 amide bonds. The van der Waals surface area contributed by atoms with E-state index in [-0.39, 0.29) is 12.5 Å². The molecule has 5 nitrogen and oxygen atoms in total. The van der Waals surface area contributed by atoms with Crippen molar-refractivity contribution in [2.45, 2.75) is 13.0 Å². The van der Waals surface area contributed by atoms with Gasteiger partial charge in [-0.1, -0.05) is 91.0 Å². The second kappa shape index (κ2) is 9.46. The zero-order chi connectivity index (χ0) is 23.4. The maximum atomic E-state index is 13.3. The van der Waals surface area contributed by atoms with Crippen LogP contribution in [-0.4, -0.2) is 27.1 Å². The van der Waals surface area contributed by atoms with Crippen molar-refractivity contribution in [1.29, 1.82) is 0 Å². The third-order valence-corrected chi connectivity index (χ3v) is 6.79. The second-order valence-electron chi connectivity index (χ2n) is 8.04. The lowest BCUT2D eigenvalue weighted by Gasteiger charge is -2.26. The van der Waals surface area contributed by atoms with Gasteiger partial charge in [0.05, 0.1) is 18.0 Å². The number of anilines is 1. The van der Waals surface area contributed by atoms with E-state index in [1.165, 1.54) is 4.31 Å². The molecule has 1 N–H and O–H groups in total. The average Bonchev–Trinajstić information content (AvgIpc) is 2.81. The number of nitrogens with one attached hydrogen (secondary N) is 1. The van der Waals surface area contributed by atoms with Crippen LogP contribution in [0.5, 0.6) is 0 Å². The molecule has 4 aromatic carbocycles. The average molecular weight is 459 g/mol. The fraction of sp³-hybridized carbons (Fsp3) is 0.148. The van der Waals surface area contributed by atoms with Crippen molar-refractivity contribution in [2.75, 3.05) is 17.1 Å². The third kappa shape index (κ3) is 5.07. The minimum atomic E-state index is -3.71. The van der Waals surface area contributed by atoms with E-state index in [2.05, 4.69) is 5.32 Å². The molecule has 0 aliphatic heterocycles. The molecule has 33 heavy (non-hydrogen) atoms. The van der Waals surface area contributed by atoms with Gasteiger partial charge in [0.15, 0.2) is 0 Å². The van der Waals surface area contributed by atoms with Crippen LogP contribution in [0.3, 0.4) is 0 Å². The Morgan fingerprint density at radius 3 is 2.21 bits per heavy atom. The van der Waals surface area contributed by atoms with E-state index < -0.39 is 16.1 Å². The number of rotatable bonds is 7. The van der Waals surface area contributed by atoms with Crippen LogP contribution in [0.25, 0.3) is 10.8 Å². The monoisotopic (exact) mass is 458 g/mol. The Balaban J connectivity index is 1.69. The maximum Gasteiger partial charge on any atom is 0.241 e. The number of fused-ring (bicyclic) bond motifs is 1. The first-order valence-corrected chi connectivity index (χ1v) is 12.5. The highest BCUT2D eigenvalue weighted by atomic mass is 32.2. The highest BCUT2D eigenvalue weighted by Gasteiger charge is 2.25. The molecular formula is C27H26N2O3S. The van der Waals surface area contributed by atoms with E-state index in [1.807, 2.05) is 91.9 Å². The van der Waals surface area contributed by atoms with Gasteiger partial charge in [-0.2, -0.15) is 0 Å². The van der Waals surface area contributed by atoms with Gasteiger partial charge in [-0.3, -0.25) is 9.10 Å². The molecule has 1 atom stereocenters. The molecule has 0 saturated carbocycles. The van der Waals surface area contributed by atoms with Crippen molar-refractivity contribution in [3.05, 3.63) is 114 Å². The molecule has 0 heterocycles. The number of sulfonamides is 1. The van der Waals surface area contributed by atoms with E-state index in [0.717, 1.165) is 33.7 Å². The molecule has 0 saturated heterocycles. The Bertz CT molecular complexity index is 1380. The highest BCUT2D eigenvalue weighted by Crippen LogP contribution is 2.29. The number of benzene rings is 4. The maximum absolute atomic E-state index is 13.3. The number of aryl methyl sites for hydroxylation is 1. The number of carbonyl (C=O) groups is 1. The topological polar surface area (TPSA) is 66.5 Å². The van der Waals surface area contributed by atoms with Crippen molar-refractivity contribution in [2.24, 2.45) is 0 Å². The SMILES string of the molecule is Cc1ccccc1[C@@H](NC(=O)CN(c1cccc2ccccc12)S(C)(=O)=O)c1ccccc1. The minimum Gasteiger partial charge on any atom is -0.344 e. The van der Waals surface area contributed by atoms with Crippen LogP contribution in [0.2, 0.25) is 0 Å². The second-order valence-corrected chi connectivity index (χ2v) is 9.94. The largest absolute Gasteiger partial charge is 0.344 e. The molecule has 0 fully saturated rings. The highest BCUT2D eigenvalue weighted by molar-refractivity contribution is 7.92. The van der Waals surface area contributed by atoms with Crippen LogP contribution in [0.4, 0.5) is 5.69 Å². The summed E-state index contributed by atoms with van der Waals surface area (Å²) in [6.45, 7) is 1.68. The van der Waals surface area contributed by atoms with Crippen LogP contribution in [0.1, 0.15) is 22.7 Å². The Morgan fingerprint density at radius 1 is 0.848 bits per heavy atom. The molecular weight excluding hydrogens is 432 g/mol. The summed E-state index contributed by atoms with van der Waals surface area (Å²) in [5, 5.41) is 4.75. The molecule has 4 aromatic rings. The summed E-state index contributed by atoms with van der Waals surface area (Å²) in [6, 6.07) is 30.1. The molecule has 0 aliphatic carbocycles. The van der Waals surface area contributed by atoms with E-state index in [1.54, 1.807) is 12.1 Å². The van der Waals surface area contributed by atoms with E-state index in [9.17, 15) is 13.2 Å².